The van der Waals surface area contributed by atoms with Crippen molar-refractivity contribution in [2.24, 2.45) is 5.73 Å². The Labute approximate surface area is 95.8 Å². The standard InChI is InChI=1S/C12H18N2O2/c1-9-5-4-6-10(7-9)16-11(15)14-12(2,3)8-13/h4-7H,8,13H2,1-3H3,(H,14,15). The molecule has 4 nitrogen and oxygen atoms in total. The van der Waals surface area contributed by atoms with Crippen LogP contribution in [0.25, 0.3) is 0 Å². The van der Waals surface area contributed by atoms with Crippen LogP contribution in [0.5, 0.6) is 5.75 Å². The van der Waals surface area contributed by atoms with Gasteiger partial charge in [0.1, 0.15) is 5.75 Å². The number of hydrogen-bond acceptors (Lipinski definition) is 3. The van der Waals surface area contributed by atoms with Gasteiger partial charge in [0, 0.05) is 12.1 Å². The third-order valence-corrected chi connectivity index (χ3v) is 2.15. The Morgan fingerprint density at radius 1 is 1.50 bits per heavy atom. The Morgan fingerprint density at radius 2 is 2.19 bits per heavy atom. The highest BCUT2D eigenvalue weighted by molar-refractivity contribution is 5.71. The van der Waals surface area contributed by atoms with Gasteiger partial charge in [-0.05, 0) is 38.5 Å². The summed E-state index contributed by atoms with van der Waals surface area (Å²) in [6.07, 6.45) is -0.485. The van der Waals surface area contributed by atoms with Crippen LogP contribution in [-0.2, 0) is 0 Å². The zero-order chi connectivity index (χ0) is 12.2. The van der Waals surface area contributed by atoms with Crippen molar-refractivity contribution in [1.82, 2.24) is 5.32 Å². The van der Waals surface area contributed by atoms with E-state index in [1.165, 1.54) is 0 Å². The summed E-state index contributed by atoms with van der Waals surface area (Å²) in [7, 11) is 0. The quantitative estimate of drug-likeness (QED) is 0.820. The van der Waals surface area contributed by atoms with Gasteiger partial charge < -0.3 is 15.8 Å². The highest BCUT2D eigenvalue weighted by Crippen LogP contribution is 2.12. The van der Waals surface area contributed by atoms with Gasteiger partial charge in [-0.15, -0.1) is 0 Å². The highest BCUT2D eigenvalue weighted by Gasteiger charge is 2.19. The van der Waals surface area contributed by atoms with Crippen LogP contribution >= 0.6 is 0 Å². The minimum atomic E-state index is -0.485. The first-order valence-corrected chi connectivity index (χ1v) is 5.20. The van der Waals surface area contributed by atoms with Crippen LogP contribution < -0.4 is 15.8 Å². The van der Waals surface area contributed by atoms with Crippen molar-refractivity contribution < 1.29 is 9.53 Å². The fourth-order valence-corrected chi connectivity index (χ4v) is 1.14. The number of ether oxygens (including phenoxy) is 1. The van der Waals surface area contributed by atoms with Crippen molar-refractivity contribution in [3.05, 3.63) is 29.8 Å². The minimum Gasteiger partial charge on any atom is -0.410 e. The second kappa shape index (κ2) is 4.99. The van der Waals surface area contributed by atoms with E-state index < -0.39 is 11.6 Å². The van der Waals surface area contributed by atoms with Crippen molar-refractivity contribution in [2.45, 2.75) is 26.3 Å². The second-order valence-electron chi connectivity index (χ2n) is 4.42. The number of nitrogens with one attached hydrogen (secondary N) is 1. The molecule has 0 heterocycles. The maximum Gasteiger partial charge on any atom is 0.413 e. The average Bonchev–Trinajstić information content (AvgIpc) is 2.16. The van der Waals surface area contributed by atoms with Gasteiger partial charge in [-0.25, -0.2) is 4.79 Å². The summed E-state index contributed by atoms with van der Waals surface area (Å²) >= 11 is 0. The van der Waals surface area contributed by atoms with Gasteiger partial charge >= 0.3 is 6.09 Å². The Balaban J connectivity index is 2.59. The number of nitrogens with two attached hydrogens (primary N) is 1. The van der Waals surface area contributed by atoms with E-state index in [4.69, 9.17) is 10.5 Å². The molecule has 1 rings (SSSR count). The van der Waals surface area contributed by atoms with Crippen molar-refractivity contribution in [3.63, 3.8) is 0 Å². The van der Waals surface area contributed by atoms with Crippen LogP contribution in [0.3, 0.4) is 0 Å². The topological polar surface area (TPSA) is 64.3 Å². The molecule has 4 heteroatoms. The van der Waals surface area contributed by atoms with E-state index in [0.29, 0.717) is 12.3 Å². The number of amides is 1. The van der Waals surface area contributed by atoms with E-state index in [9.17, 15) is 4.79 Å². The number of benzene rings is 1. The fraction of sp³-hybridized carbons (Fsp3) is 0.417. The van der Waals surface area contributed by atoms with Crippen LogP contribution in [0, 0.1) is 6.92 Å². The van der Waals surface area contributed by atoms with Crippen LogP contribution in [0.2, 0.25) is 0 Å². The molecule has 0 aliphatic rings. The predicted molar refractivity (Wildman–Crippen MR) is 63.5 cm³/mol. The Hall–Kier alpha value is -1.55. The van der Waals surface area contributed by atoms with Gasteiger partial charge in [-0.1, -0.05) is 12.1 Å². The predicted octanol–water partition coefficient (Wildman–Crippen LogP) is 1.82. The summed E-state index contributed by atoms with van der Waals surface area (Å²) < 4.78 is 5.13. The largest absolute Gasteiger partial charge is 0.413 e. The molecule has 0 aliphatic heterocycles. The molecule has 1 aromatic carbocycles. The van der Waals surface area contributed by atoms with Gasteiger partial charge in [-0.3, -0.25) is 0 Å². The van der Waals surface area contributed by atoms with E-state index in [2.05, 4.69) is 5.32 Å². The minimum absolute atomic E-state index is 0.357. The summed E-state index contributed by atoms with van der Waals surface area (Å²) in [4.78, 5) is 11.5. The average molecular weight is 222 g/mol. The molecule has 0 aliphatic carbocycles. The molecule has 0 fully saturated rings. The molecule has 16 heavy (non-hydrogen) atoms. The van der Waals surface area contributed by atoms with E-state index in [0.717, 1.165) is 5.56 Å². The van der Waals surface area contributed by atoms with E-state index in [-0.39, 0.29) is 0 Å². The fourth-order valence-electron chi connectivity index (χ4n) is 1.14. The van der Waals surface area contributed by atoms with Crippen LogP contribution in [-0.4, -0.2) is 18.2 Å². The van der Waals surface area contributed by atoms with Crippen LogP contribution in [0.1, 0.15) is 19.4 Å². The van der Waals surface area contributed by atoms with Crippen molar-refractivity contribution in [3.8, 4) is 5.75 Å². The number of carbonyl (C=O) groups is 1. The van der Waals surface area contributed by atoms with E-state index in [1.807, 2.05) is 32.9 Å². The zero-order valence-electron chi connectivity index (χ0n) is 9.91. The normalized spacial score (nSPS) is 11.0. The molecule has 0 saturated heterocycles. The summed E-state index contributed by atoms with van der Waals surface area (Å²) in [5.41, 5.74) is 6.09. The third-order valence-electron chi connectivity index (χ3n) is 2.15. The SMILES string of the molecule is Cc1cccc(OC(=O)NC(C)(C)CN)c1. The molecule has 0 saturated carbocycles. The summed E-state index contributed by atoms with van der Waals surface area (Å²) in [5.74, 6) is 0.533. The first-order valence-electron chi connectivity index (χ1n) is 5.20. The number of carbonyl (C=O) groups excluding carboxylic acids is 1. The maximum absolute atomic E-state index is 11.5. The molecule has 0 bridgehead atoms. The maximum atomic E-state index is 11.5. The zero-order valence-corrected chi connectivity index (χ0v) is 9.91. The molecule has 3 N–H and O–H groups in total. The van der Waals surface area contributed by atoms with E-state index in [1.54, 1.807) is 12.1 Å². The smallest absolute Gasteiger partial charge is 0.410 e. The van der Waals surface area contributed by atoms with Crippen molar-refractivity contribution in [1.29, 1.82) is 0 Å². The first kappa shape index (κ1) is 12.5. The summed E-state index contributed by atoms with van der Waals surface area (Å²) in [5, 5.41) is 2.69. The van der Waals surface area contributed by atoms with Gasteiger partial charge in [0.15, 0.2) is 0 Å². The van der Waals surface area contributed by atoms with Crippen molar-refractivity contribution >= 4 is 6.09 Å². The molecule has 1 amide bonds. The summed E-state index contributed by atoms with van der Waals surface area (Å²) in [6.45, 7) is 5.97. The molecular weight excluding hydrogens is 204 g/mol. The number of rotatable bonds is 3. The lowest BCUT2D eigenvalue weighted by atomic mass is 10.1. The Bertz CT molecular complexity index is 375. The summed E-state index contributed by atoms with van der Waals surface area (Å²) in [6, 6.07) is 7.32. The second-order valence-corrected chi connectivity index (χ2v) is 4.42. The molecule has 0 radical (unpaired) electrons. The first-order chi connectivity index (χ1) is 7.43. The molecule has 0 unspecified atom stereocenters. The lowest BCUT2D eigenvalue weighted by molar-refractivity contribution is 0.189. The molecule has 0 atom stereocenters. The molecule has 0 spiro atoms. The lowest BCUT2D eigenvalue weighted by Crippen LogP contribution is -2.49. The Kier molecular flexibility index (Phi) is 3.90. The lowest BCUT2D eigenvalue weighted by Gasteiger charge is -2.23. The number of hydrogen-bond donors (Lipinski definition) is 2. The molecule has 0 aromatic heterocycles. The van der Waals surface area contributed by atoms with Gasteiger partial charge in [0.05, 0.1) is 0 Å². The third kappa shape index (κ3) is 3.90. The monoisotopic (exact) mass is 222 g/mol. The highest BCUT2D eigenvalue weighted by atomic mass is 16.6. The van der Waals surface area contributed by atoms with Crippen molar-refractivity contribution in [2.75, 3.05) is 6.54 Å². The van der Waals surface area contributed by atoms with Gasteiger partial charge in [0.25, 0.3) is 0 Å². The van der Waals surface area contributed by atoms with Crippen LogP contribution in [0.15, 0.2) is 24.3 Å². The Morgan fingerprint density at radius 3 is 2.75 bits per heavy atom. The van der Waals surface area contributed by atoms with Gasteiger partial charge in [-0.2, -0.15) is 0 Å². The number of aryl methyl sites for hydroxylation is 1. The molecular formula is C12H18N2O2. The van der Waals surface area contributed by atoms with Crippen LogP contribution in [0.4, 0.5) is 4.79 Å². The molecule has 1 aromatic rings. The van der Waals surface area contributed by atoms with E-state index >= 15 is 0 Å². The van der Waals surface area contributed by atoms with Gasteiger partial charge in [0.2, 0.25) is 0 Å². The molecule has 88 valence electrons.